The molecule has 0 aromatic carbocycles. The third-order valence-electron chi connectivity index (χ3n) is 9.67. The highest BCUT2D eigenvalue weighted by Gasteiger charge is 2.76. The normalized spacial score (nSPS) is 56.9. The molecule has 7 atom stereocenters. The summed E-state index contributed by atoms with van der Waals surface area (Å²) < 4.78 is 6.59. The molecule has 6 saturated carbocycles. The van der Waals surface area contributed by atoms with Gasteiger partial charge >= 0.3 is 5.97 Å². The van der Waals surface area contributed by atoms with E-state index in [1.165, 1.54) is 38.5 Å². The molecule has 6 aliphatic rings. The molecule has 6 aliphatic carbocycles. The molecule has 7 unspecified atom stereocenters. The second-order valence-electron chi connectivity index (χ2n) is 11.5. The van der Waals surface area contributed by atoms with E-state index < -0.39 is 0 Å². The molecule has 0 aliphatic heterocycles. The van der Waals surface area contributed by atoms with Gasteiger partial charge in [-0.15, -0.1) is 0 Å². The van der Waals surface area contributed by atoms with Gasteiger partial charge in [0.1, 0.15) is 0 Å². The average molecular weight is 346 g/mol. The third kappa shape index (κ3) is 1.79. The minimum atomic E-state index is -0.388. The minimum absolute atomic E-state index is 0.0619. The van der Waals surface area contributed by atoms with Crippen LogP contribution in [0.5, 0.6) is 0 Å². The first-order chi connectivity index (χ1) is 11.6. The Morgan fingerprint density at radius 3 is 2.44 bits per heavy atom. The Hall–Kier alpha value is -0.570. The predicted octanol–water partition coefficient (Wildman–Crippen LogP) is 4.51. The molecule has 6 fully saturated rings. The number of hydrogen-bond donors (Lipinski definition) is 1. The van der Waals surface area contributed by atoms with Gasteiger partial charge in [0.05, 0.1) is 5.41 Å². The van der Waals surface area contributed by atoms with Crippen LogP contribution in [-0.4, -0.2) is 18.2 Å². The summed E-state index contributed by atoms with van der Waals surface area (Å²) in [6, 6.07) is 0. The fraction of sp³-hybridized carbons (Fsp3) is 0.955. The van der Waals surface area contributed by atoms with E-state index >= 15 is 0 Å². The lowest BCUT2D eigenvalue weighted by molar-refractivity contribution is -0.252. The summed E-state index contributed by atoms with van der Waals surface area (Å²) in [4.78, 5) is 13.3. The molecule has 3 heteroatoms. The van der Waals surface area contributed by atoms with Crippen LogP contribution in [0.2, 0.25) is 0 Å². The topological polar surface area (TPSA) is 38.3 Å². The van der Waals surface area contributed by atoms with Crippen LogP contribution in [-0.2, 0) is 9.53 Å². The summed E-state index contributed by atoms with van der Waals surface area (Å²) >= 11 is 0. The highest BCUT2D eigenvalue weighted by Crippen LogP contribution is 2.78. The van der Waals surface area contributed by atoms with Gasteiger partial charge < -0.3 is 4.74 Å². The van der Waals surface area contributed by atoms with Crippen molar-refractivity contribution in [1.82, 2.24) is 5.32 Å². The predicted molar refractivity (Wildman–Crippen MR) is 97.7 cm³/mol. The Morgan fingerprint density at radius 2 is 1.80 bits per heavy atom. The second kappa shape index (κ2) is 4.46. The van der Waals surface area contributed by atoms with E-state index in [-0.39, 0.29) is 22.5 Å². The van der Waals surface area contributed by atoms with Crippen molar-refractivity contribution in [2.45, 2.75) is 85.3 Å². The lowest BCUT2D eigenvalue weighted by Gasteiger charge is -2.65. The lowest BCUT2D eigenvalue weighted by atomic mass is 9.44. The quantitative estimate of drug-likeness (QED) is 0.602. The Kier molecular flexibility index (Phi) is 2.96. The molecule has 140 valence electrons. The van der Waals surface area contributed by atoms with Crippen LogP contribution in [0.4, 0.5) is 0 Å². The smallest absolute Gasteiger partial charge is 0.314 e. The summed E-state index contributed by atoms with van der Waals surface area (Å²) in [5.74, 6) is 1.98. The SMILES string of the molecule is CCNC1(OC(=O)C2(C)CC2(C)C)C2CCC34CC(C)(CC3CC41)C2. The summed E-state index contributed by atoms with van der Waals surface area (Å²) in [7, 11) is 0. The number of fused-ring (bicyclic) bond motifs is 1. The maximum Gasteiger partial charge on any atom is 0.314 e. The highest BCUT2D eigenvalue weighted by molar-refractivity contribution is 5.81. The molecular formula is C22H35NO2. The Bertz CT molecular complexity index is 644. The lowest BCUT2D eigenvalue weighted by Crippen LogP contribution is -2.71. The fourth-order valence-electron chi connectivity index (χ4n) is 8.10. The Balaban J connectivity index is 1.52. The number of ether oxygens (including phenoxy) is 1. The van der Waals surface area contributed by atoms with Gasteiger partial charge in [-0.2, -0.15) is 0 Å². The molecule has 1 N–H and O–H groups in total. The molecule has 1 spiro atoms. The van der Waals surface area contributed by atoms with Gasteiger partial charge in [-0.25, -0.2) is 0 Å². The van der Waals surface area contributed by atoms with E-state index in [0.29, 0.717) is 22.7 Å². The Morgan fingerprint density at radius 1 is 1.12 bits per heavy atom. The first-order valence-electron chi connectivity index (χ1n) is 10.6. The standard InChI is InChI=1S/C22H35NO2/c1-6-23-22(25-17(24)20(5)12-18(20,2)3)14-7-8-21-13-19(4,10-14)11-15(21)9-16(21)22/h14-16,23H,6-13H2,1-5H3. The number of esters is 1. The summed E-state index contributed by atoms with van der Waals surface area (Å²) in [6.45, 7) is 12.1. The van der Waals surface area contributed by atoms with E-state index in [1.54, 1.807) is 0 Å². The second-order valence-corrected chi connectivity index (χ2v) is 11.5. The van der Waals surface area contributed by atoms with Crippen LogP contribution in [0.15, 0.2) is 0 Å². The van der Waals surface area contributed by atoms with E-state index in [1.807, 2.05) is 0 Å². The Labute approximate surface area is 152 Å². The summed E-state index contributed by atoms with van der Waals surface area (Å²) in [5.41, 5.74) is 0.356. The van der Waals surface area contributed by atoms with Gasteiger partial charge in [0.15, 0.2) is 5.72 Å². The minimum Gasteiger partial charge on any atom is -0.443 e. The van der Waals surface area contributed by atoms with Gasteiger partial charge in [0.2, 0.25) is 0 Å². The van der Waals surface area contributed by atoms with E-state index in [0.717, 1.165) is 18.9 Å². The van der Waals surface area contributed by atoms with Gasteiger partial charge in [0, 0.05) is 11.8 Å². The number of rotatable bonds is 4. The van der Waals surface area contributed by atoms with Gasteiger partial charge in [-0.1, -0.05) is 27.7 Å². The molecule has 0 radical (unpaired) electrons. The van der Waals surface area contributed by atoms with E-state index in [9.17, 15) is 4.79 Å². The summed E-state index contributed by atoms with van der Waals surface area (Å²) in [6.07, 6.45) is 8.87. The van der Waals surface area contributed by atoms with Crippen molar-refractivity contribution in [1.29, 1.82) is 0 Å². The maximum absolute atomic E-state index is 13.3. The molecule has 6 rings (SSSR count). The fourth-order valence-corrected chi connectivity index (χ4v) is 8.10. The van der Waals surface area contributed by atoms with Crippen LogP contribution < -0.4 is 5.32 Å². The number of hydrogen-bond acceptors (Lipinski definition) is 3. The van der Waals surface area contributed by atoms with Crippen molar-refractivity contribution in [3.8, 4) is 0 Å². The molecule has 3 bridgehead atoms. The molecular weight excluding hydrogens is 310 g/mol. The summed E-state index contributed by atoms with van der Waals surface area (Å²) in [5, 5.41) is 3.77. The molecule has 0 aromatic heterocycles. The van der Waals surface area contributed by atoms with E-state index in [2.05, 4.69) is 39.9 Å². The zero-order valence-corrected chi connectivity index (χ0v) is 16.7. The largest absolute Gasteiger partial charge is 0.443 e. The zero-order valence-electron chi connectivity index (χ0n) is 16.7. The molecule has 0 aromatic rings. The number of nitrogens with one attached hydrogen (secondary N) is 1. The van der Waals surface area contributed by atoms with Crippen molar-refractivity contribution >= 4 is 5.97 Å². The van der Waals surface area contributed by atoms with Crippen molar-refractivity contribution in [2.75, 3.05) is 6.54 Å². The van der Waals surface area contributed by atoms with Crippen LogP contribution >= 0.6 is 0 Å². The van der Waals surface area contributed by atoms with Gasteiger partial charge in [-0.05, 0) is 80.6 Å². The molecule has 0 amide bonds. The maximum atomic E-state index is 13.3. The van der Waals surface area contributed by atoms with Crippen LogP contribution in [0, 0.1) is 39.4 Å². The van der Waals surface area contributed by atoms with Crippen LogP contribution in [0.1, 0.15) is 79.6 Å². The van der Waals surface area contributed by atoms with Crippen molar-refractivity contribution < 1.29 is 9.53 Å². The first kappa shape index (κ1) is 16.6. The van der Waals surface area contributed by atoms with Crippen LogP contribution in [0.25, 0.3) is 0 Å². The molecule has 25 heavy (non-hydrogen) atoms. The van der Waals surface area contributed by atoms with Gasteiger partial charge in [0.25, 0.3) is 0 Å². The number of carbonyl (C=O) groups excluding carboxylic acids is 1. The van der Waals surface area contributed by atoms with Crippen LogP contribution in [0.3, 0.4) is 0 Å². The molecule has 0 heterocycles. The van der Waals surface area contributed by atoms with Crippen molar-refractivity contribution in [3.05, 3.63) is 0 Å². The third-order valence-corrected chi connectivity index (χ3v) is 9.67. The van der Waals surface area contributed by atoms with Gasteiger partial charge in [-0.3, -0.25) is 10.1 Å². The van der Waals surface area contributed by atoms with Crippen molar-refractivity contribution in [3.63, 3.8) is 0 Å². The molecule has 0 saturated heterocycles. The first-order valence-corrected chi connectivity index (χ1v) is 10.6. The zero-order chi connectivity index (χ0) is 17.9. The number of carbonyl (C=O) groups is 1. The average Bonchev–Trinajstić information content (AvgIpc) is 3.04. The van der Waals surface area contributed by atoms with Crippen molar-refractivity contribution in [2.24, 2.45) is 39.4 Å². The highest BCUT2D eigenvalue weighted by atomic mass is 16.6. The molecule has 3 nitrogen and oxygen atoms in total. The van der Waals surface area contributed by atoms with E-state index in [4.69, 9.17) is 4.74 Å². The monoisotopic (exact) mass is 345 g/mol.